The van der Waals surface area contributed by atoms with E-state index in [4.69, 9.17) is 4.74 Å². The number of para-hydroxylation sites is 1. The summed E-state index contributed by atoms with van der Waals surface area (Å²) in [6.07, 6.45) is 0.827. The molecule has 0 aliphatic carbocycles. The second kappa shape index (κ2) is 9.22. The number of aliphatic hydroxyl groups is 1. The molecule has 1 N–H and O–H groups in total. The average Bonchev–Trinajstić information content (AvgIpc) is 3.12. The zero-order valence-corrected chi connectivity index (χ0v) is 20.4. The fourth-order valence-electron chi connectivity index (χ4n) is 6.60. The predicted octanol–water partition coefficient (Wildman–Crippen LogP) is 2.61. The van der Waals surface area contributed by atoms with Crippen LogP contribution in [0.5, 0.6) is 5.75 Å². The summed E-state index contributed by atoms with van der Waals surface area (Å²) in [5.74, 6) is 0.152. The number of carbonyl (C=O) groups is 1. The minimum atomic E-state index is -0.435. The molecule has 1 aromatic heterocycles. The lowest BCUT2D eigenvalue weighted by atomic mass is 9.85. The molecule has 1 fully saturated rings. The molecule has 2 bridgehead atoms. The molecule has 3 aromatic rings. The molecular formula is C29H31N3O4. The van der Waals surface area contributed by atoms with Gasteiger partial charge in [-0.3, -0.25) is 14.5 Å². The Morgan fingerprint density at radius 2 is 1.81 bits per heavy atom. The fourth-order valence-corrected chi connectivity index (χ4v) is 6.60. The Labute approximate surface area is 210 Å². The van der Waals surface area contributed by atoms with Gasteiger partial charge in [0.05, 0.1) is 19.1 Å². The second-order valence-corrected chi connectivity index (χ2v) is 10.0. The van der Waals surface area contributed by atoms with Crippen molar-refractivity contribution in [3.8, 4) is 5.75 Å². The summed E-state index contributed by atoms with van der Waals surface area (Å²) in [4.78, 5) is 31.3. The summed E-state index contributed by atoms with van der Waals surface area (Å²) in [6.45, 7) is 2.17. The molecule has 7 nitrogen and oxygen atoms in total. The van der Waals surface area contributed by atoms with E-state index < -0.39 is 5.92 Å². The molecule has 0 spiro atoms. The monoisotopic (exact) mass is 485 g/mol. The Balaban J connectivity index is 1.41. The molecule has 1 amide bonds. The molecule has 0 saturated carbocycles. The molecule has 36 heavy (non-hydrogen) atoms. The molecule has 3 aliphatic rings. The fraction of sp³-hybridized carbons (Fsp3) is 0.379. The van der Waals surface area contributed by atoms with Crippen LogP contribution in [0.1, 0.15) is 28.4 Å². The maximum absolute atomic E-state index is 14.2. The molecule has 4 heterocycles. The van der Waals surface area contributed by atoms with Crippen molar-refractivity contribution in [2.75, 3.05) is 20.3 Å². The number of carbonyl (C=O) groups excluding carboxylic acids is 1. The van der Waals surface area contributed by atoms with Crippen LogP contribution in [0, 0.1) is 11.8 Å². The van der Waals surface area contributed by atoms with Crippen molar-refractivity contribution in [2.45, 2.75) is 38.1 Å². The minimum Gasteiger partial charge on any atom is -0.496 e. The topological polar surface area (TPSA) is 75.0 Å². The molecule has 4 atom stereocenters. The van der Waals surface area contributed by atoms with Gasteiger partial charge >= 0.3 is 0 Å². The van der Waals surface area contributed by atoms with Gasteiger partial charge in [0.2, 0.25) is 5.91 Å². The highest BCUT2D eigenvalue weighted by atomic mass is 16.5. The van der Waals surface area contributed by atoms with Gasteiger partial charge in [-0.15, -0.1) is 0 Å². The summed E-state index contributed by atoms with van der Waals surface area (Å²) in [5.41, 5.74) is 4.29. The largest absolute Gasteiger partial charge is 0.496 e. The SMILES string of the molecule is COc1ccccc1CN1[C@@H]2c3cccc(=O)n3C[C@H]1[C@H](CO)[C@H]2C(=O)N1CCc2ccccc2C1. The molecule has 1 saturated heterocycles. The van der Waals surface area contributed by atoms with Crippen LogP contribution in [0.2, 0.25) is 0 Å². The molecule has 6 rings (SSSR count). The van der Waals surface area contributed by atoms with Gasteiger partial charge in [-0.05, 0) is 29.7 Å². The molecule has 0 radical (unpaired) electrons. The average molecular weight is 486 g/mol. The lowest BCUT2D eigenvalue weighted by Crippen LogP contribution is -2.46. The zero-order valence-electron chi connectivity index (χ0n) is 20.4. The van der Waals surface area contributed by atoms with Gasteiger partial charge in [0.1, 0.15) is 5.75 Å². The number of amides is 1. The Bertz CT molecular complexity index is 1350. The molecule has 186 valence electrons. The first kappa shape index (κ1) is 23.0. The summed E-state index contributed by atoms with van der Waals surface area (Å²) < 4.78 is 7.42. The number of aliphatic hydroxyl groups excluding tert-OH is 1. The number of hydrogen-bond acceptors (Lipinski definition) is 5. The van der Waals surface area contributed by atoms with Crippen molar-refractivity contribution in [3.05, 3.63) is 99.5 Å². The number of nitrogens with zero attached hydrogens (tertiary/aromatic N) is 3. The third-order valence-corrected chi connectivity index (χ3v) is 8.32. The highest BCUT2D eigenvalue weighted by molar-refractivity contribution is 5.81. The highest BCUT2D eigenvalue weighted by Crippen LogP contribution is 2.50. The molecule has 3 aliphatic heterocycles. The van der Waals surface area contributed by atoms with Crippen molar-refractivity contribution in [2.24, 2.45) is 11.8 Å². The molecule has 7 heteroatoms. The van der Waals surface area contributed by atoms with E-state index in [-0.39, 0.29) is 36.1 Å². The molecular weight excluding hydrogens is 454 g/mol. The van der Waals surface area contributed by atoms with Gasteiger partial charge in [0, 0.05) is 62.1 Å². The van der Waals surface area contributed by atoms with E-state index >= 15 is 0 Å². The van der Waals surface area contributed by atoms with Crippen LogP contribution >= 0.6 is 0 Å². The van der Waals surface area contributed by atoms with Crippen LogP contribution in [0.25, 0.3) is 0 Å². The standard InChI is InChI=1S/C29H31N3O4/c1-36-25-11-5-4-9-21(25)16-32-24-17-31-23(10-6-12-26(31)34)28(32)27(22(24)18-33)29(35)30-14-13-19-7-2-3-8-20(19)15-30/h2-12,22,24,27-28,33H,13-18H2,1H3/t22-,24-,27+,28+/m0/s1. The minimum absolute atomic E-state index is 0.0591. The predicted molar refractivity (Wildman–Crippen MR) is 135 cm³/mol. The van der Waals surface area contributed by atoms with Gasteiger partial charge in [-0.25, -0.2) is 0 Å². The Kier molecular flexibility index (Phi) is 5.90. The van der Waals surface area contributed by atoms with Crippen LogP contribution < -0.4 is 10.3 Å². The van der Waals surface area contributed by atoms with Crippen LogP contribution in [-0.4, -0.2) is 51.7 Å². The van der Waals surface area contributed by atoms with E-state index in [1.54, 1.807) is 23.8 Å². The number of pyridine rings is 1. The summed E-state index contributed by atoms with van der Waals surface area (Å²) in [6, 6.07) is 21.1. The molecule has 0 unspecified atom stereocenters. The normalized spacial score (nSPS) is 24.8. The van der Waals surface area contributed by atoms with E-state index in [0.29, 0.717) is 26.2 Å². The number of rotatable bonds is 5. The van der Waals surface area contributed by atoms with Gasteiger partial charge in [-0.2, -0.15) is 0 Å². The number of methoxy groups -OCH3 is 1. The Hall–Kier alpha value is -3.42. The first-order valence-electron chi connectivity index (χ1n) is 12.6. The van der Waals surface area contributed by atoms with E-state index in [0.717, 1.165) is 23.4 Å². The Morgan fingerprint density at radius 3 is 2.61 bits per heavy atom. The van der Waals surface area contributed by atoms with E-state index in [2.05, 4.69) is 17.0 Å². The van der Waals surface area contributed by atoms with Crippen molar-refractivity contribution in [1.29, 1.82) is 0 Å². The number of ether oxygens (including phenoxy) is 1. The van der Waals surface area contributed by atoms with Crippen LogP contribution in [0.15, 0.2) is 71.5 Å². The quantitative estimate of drug-likeness (QED) is 0.602. The second-order valence-electron chi connectivity index (χ2n) is 10.0. The van der Waals surface area contributed by atoms with Crippen LogP contribution in [-0.2, 0) is 30.8 Å². The first-order valence-corrected chi connectivity index (χ1v) is 12.6. The first-order chi connectivity index (χ1) is 17.6. The lowest BCUT2D eigenvalue weighted by Gasteiger charge is -2.39. The maximum Gasteiger partial charge on any atom is 0.250 e. The third-order valence-electron chi connectivity index (χ3n) is 8.32. The van der Waals surface area contributed by atoms with Gasteiger partial charge < -0.3 is 19.3 Å². The maximum atomic E-state index is 14.2. The van der Waals surface area contributed by atoms with Gasteiger partial charge in [0.15, 0.2) is 0 Å². The third kappa shape index (κ3) is 3.65. The van der Waals surface area contributed by atoms with Gasteiger partial charge in [-0.1, -0.05) is 48.5 Å². The number of fused-ring (bicyclic) bond motifs is 5. The summed E-state index contributed by atoms with van der Waals surface area (Å²) in [5, 5.41) is 10.6. The van der Waals surface area contributed by atoms with Crippen LogP contribution in [0.4, 0.5) is 0 Å². The van der Waals surface area contributed by atoms with E-state index in [9.17, 15) is 14.7 Å². The lowest BCUT2D eigenvalue weighted by molar-refractivity contribution is -0.139. The van der Waals surface area contributed by atoms with Crippen molar-refractivity contribution >= 4 is 5.91 Å². The summed E-state index contributed by atoms with van der Waals surface area (Å²) in [7, 11) is 1.66. The summed E-state index contributed by atoms with van der Waals surface area (Å²) >= 11 is 0. The number of aromatic nitrogens is 1. The Morgan fingerprint density at radius 1 is 1.03 bits per heavy atom. The smallest absolute Gasteiger partial charge is 0.250 e. The van der Waals surface area contributed by atoms with Crippen molar-refractivity contribution in [1.82, 2.24) is 14.4 Å². The van der Waals surface area contributed by atoms with Crippen molar-refractivity contribution < 1.29 is 14.6 Å². The number of hydrogen-bond donors (Lipinski definition) is 1. The zero-order chi connectivity index (χ0) is 24.8. The van der Waals surface area contributed by atoms with E-state index in [1.807, 2.05) is 47.4 Å². The van der Waals surface area contributed by atoms with Crippen molar-refractivity contribution in [3.63, 3.8) is 0 Å². The molecule has 2 aromatic carbocycles. The van der Waals surface area contributed by atoms with Crippen LogP contribution in [0.3, 0.4) is 0 Å². The highest BCUT2D eigenvalue weighted by Gasteiger charge is 2.56. The van der Waals surface area contributed by atoms with Gasteiger partial charge in [0.25, 0.3) is 5.56 Å². The number of benzene rings is 2. The van der Waals surface area contributed by atoms with E-state index in [1.165, 1.54) is 11.1 Å².